The van der Waals surface area contributed by atoms with Gasteiger partial charge in [-0.25, -0.2) is 4.98 Å². The summed E-state index contributed by atoms with van der Waals surface area (Å²) in [5.74, 6) is 1.93. The molecule has 5 heterocycles. The number of aromatic nitrogens is 6. The third-order valence-corrected chi connectivity index (χ3v) is 14.7. The van der Waals surface area contributed by atoms with Crippen LogP contribution in [0.4, 0.5) is 0 Å². The number of ether oxygens (including phenoxy) is 1. The van der Waals surface area contributed by atoms with Crippen molar-refractivity contribution >= 4 is 65.4 Å². The molecule has 364 valence electrons. The summed E-state index contributed by atoms with van der Waals surface area (Å²) in [6.45, 7) is 6.76. The minimum atomic E-state index is -0.126. The second-order valence-corrected chi connectivity index (χ2v) is 20.1. The van der Waals surface area contributed by atoms with Crippen molar-refractivity contribution in [2.45, 2.75) is 26.2 Å². The molecule has 0 saturated carbocycles. The van der Waals surface area contributed by atoms with Gasteiger partial charge in [0.1, 0.15) is 5.82 Å². The smallest absolute Gasteiger partial charge is 0.267 e. The second kappa shape index (κ2) is 18.0. The maximum absolute atomic E-state index is 6.86. The number of hydrogen-bond acceptors (Lipinski definition) is 2. The summed E-state index contributed by atoms with van der Waals surface area (Å²) in [5.41, 5.74) is 14.9. The molecule has 0 N–H and O–H groups in total. The van der Waals surface area contributed by atoms with Gasteiger partial charge < -0.3 is 23.0 Å². The molecule has 0 bridgehead atoms. The van der Waals surface area contributed by atoms with Crippen molar-refractivity contribution in [1.29, 1.82) is 0 Å². The molecule has 14 rings (SSSR count). The van der Waals surface area contributed by atoms with Gasteiger partial charge in [-0.1, -0.05) is 165 Å². The molecule has 9 aromatic carbocycles. The number of hydrogen-bond donors (Lipinski definition) is 0. The van der Waals surface area contributed by atoms with Crippen LogP contribution >= 0.6 is 0 Å². The molecule has 0 aliphatic heterocycles. The largest absolute Gasteiger partial charge is 0.510 e. The normalized spacial score (nSPS) is 11.9. The Balaban J connectivity index is 0.00000541. The van der Waals surface area contributed by atoms with Crippen LogP contribution in [0.3, 0.4) is 0 Å². The van der Waals surface area contributed by atoms with Crippen molar-refractivity contribution < 1.29 is 30.4 Å². The fraction of sp³-hybridized carbons (Fsp3) is 0.0746. The maximum atomic E-state index is 6.86. The zero-order chi connectivity index (χ0) is 49.7. The predicted molar refractivity (Wildman–Crippen MR) is 300 cm³/mol. The van der Waals surface area contributed by atoms with Crippen LogP contribution in [-0.2, 0) is 33.5 Å². The zero-order valence-corrected chi connectivity index (χ0v) is 44.0. The quantitative estimate of drug-likeness (QED) is 0.112. The van der Waals surface area contributed by atoms with Crippen LogP contribution in [0.1, 0.15) is 26.3 Å². The van der Waals surface area contributed by atoms with Crippen LogP contribution in [0, 0.1) is 18.5 Å². The third kappa shape index (κ3) is 7.44. The van der Waals surface area contributed by atoms with Gasteiger partial charge in [0.2, 0.25) is 0 Å². The summed E-state index contributed by atoms with van der Waals surface area (Å²) in [6, 6.07) is 77.9. The average Bonchev–Trinajstić information content (AvgIpc) is 4.22. The molecule has 8 heteroatoms. The van der Waals surface area contributed by atoms with E-state index in [9.17, 15) is 0 Å². The molecule has 14 aromatic rings. The van der Waals surface area contributed by atoms with Gasteiger partial charge in [-0.2, -0.15) is 18.2 Å². The van der Waals surface area contributed by atoms with E-state index in [1.54, 1.807) is 0 Å². The molecule has 0 atom stereocenters. The fourth-order valence-electron chi connectivity index (χ4n) is 11.3. The summed E-state index contributed by atoms with van der Waals surface area (Å²) >= 11 is 0. The first-order valence-electron chi connectivity index (χ1n) is 25.1. The molecule has 75 heavy (non-hydrogen) atoms. The van der Waals surface area contributed by atoms with E-state index in [1.807, 2.05) is 41.2 Å². The van der Waals surface area contributed by atoms with Gasteiger partial charge in [-0.05, 0) is 80.7 Å². The molecule has 0 unspecified atom stereocenters. The first-order chi connectivity index (χ1) is 36.3. The van der Waals surface area contributed by atoms with Gasteiger partial charge in [-0.15, -0.1) is 24.3 Å². The van der Waals surface area contributed by atoms with E-state index in [-0.39, 0.29) is 26.5 Å². The average molecular weight is 1150 g/mol. The molecule has 7 nitrogen and oxygen atoms in total. The van der Waals surface area contributed by atoms with Gasteiger partial charge in [0.15, 0.2) is 0 Å². The van der Waals surface area contributed by atoms with Crippen molar-refractivity contribution in [2.75, 3.05) is 0 Å². The molecule has 0 amide bonds. The van der Waals surface area contributed by atoms with E-state index >= 15 is 0 Å². The summed E-state index contributed by atoms with van der Waals surface area (Å²) in [6.07, 6.45) is 9.65. The van der Waals surface area contributed by atoms with Gasteiger partial charge in [0.05, 0.1) is 22.2 Å². The molecule has 0 spiro atoms. The summed E-state index contributed by atoms with van der Waals surface area (Å²) in [7, 11) is 2.20. The topological polar surface area (TPSA) is 45.7 Å². The molecule has 0 radical (unpaired) electrons. The summed E-state index contributed by atoms with van der Waals surface area (Å²) in [5, 5.41) is 7.00. The van der Waals surface area contributed by atoms with E-state index in [2.05, 4.69) is 247 Å². The van der Waals surface area contributed by atoms with Crippen molar-refractivity contribution in [3.63, 3.8) is 0 Å². The van der Waals surface area contributed by atoms with Crippen molar-refractivity contribution in [3.05, 3.63) is 243 Å². The molecule has 0 aliphatic carbocycles. The van der Waals surface area contributed by atoms with Crippen LogP contribution in [0.5, 0.6) is 11.5 Å². The Bertz CT molecular complexity index is 4440. The molecule has 0 saturated heterocycles. The Morgan fingerprint density at radius 1 is 0.533 bits per heavy atom. The Morgan fingerprint density at radius 2 is 1.13 bits per heavy atom. The van der Waals surface area contributed by atoms with Crippen LogP contribution < -0.4 is 9.30 Å². The van der Waals surface area contributed by atoms with E-state index in [4.69, 9.17) is 9.72 Å². The van der Waals surface area contributed by atoms with Crippen molar-refractivity contribution in [2.24, 2.45) is 7.05 Å². The van der Waals surface area contributed by atoms with Crippen LogP contribution in [0.25, 0.3) is 111 Å². The fourth-order valence-corrected chi connectivity index (χ4v) is 11.3. The SMILES string of the molecule is Cn1c2ccccc2c2c3c4ccccc4n(-c4ccccc4)c3c3c(c4ccc(Oc5[c-]c(-[n+]6[c-]n(-c7c(-c8ccccc8)cccc7-c7ccccc7)cc6)ccc5)[c-]c4n3-c3cc(C(C)(C)C)ccn3)c21.[Pt]. The third-order valence-electron chi connectivity index (χ3n) is 14.7. The van der Waals surface area contributed by atoms with Crippen LogP contribution in [0.15, 0.2) is 219 Å². The number of rotatable bonds is 8. The van der Waals surface area contributed by atoms with Gasteiger partial charge in [-0.3, -0.25) is 4.57 Å². The number of fused-ring (bicyclic) bond motifs is 12. The van der Waals surface area contributed by atoms with E-state index in [0.717, 1.165) is 83.5 Å². The molecule has 5 aromatic heterocycles. The van der Waals surface area contributed by atoms with Gasteiger partial charge in [0.25, 0.3) is 6.33 Å². The monoisotopic (exact) mass is 1150 g/mol. The maximum Gasteiger partial charge on any atom is 0.267 e. The first kappa shape index (κ1) is 46.0. The summed E-state index contributed by atoms with van der Waals surface area (Å²) < 4.78 is 18.1. The zero-order valence-electron chi connectivity index (χ0n) is 41.7. The Kier molecular flexibility index (Phi) is 11.1. The first-order valence-corrected chi connectivity index (χ1v) is 25.1. The second-order valence-electron chi connectivity index (χ2n) is 20.1. The van der Waals surface area contributed by atoms with Gasteiger partial charge >= 0.3 is 0 Å². The Morgan fingerprint density at radius 3 is 1.84 bits per heavy atom. The number of para-hydroxylation sites is 4. The van der Waals surface area contributed by atoms with Crippen molar-refractivity contribution in [3.8, 4) is 56.6 Å². The molecule has 0 fully saturated rings. The minimum Gasteiger partial charge on any atom is -0.510 e. The van der Waals surface area contributed by atoms with E-state index in [1.165, 1.54) is 32.6 Å². The molecule has 0 aliphatic rings. The van der Waals surface area contributed by atoms with Crippen LogP contribution in [-0.4, -0.2) is 23.3 Å². The van der Waals surface area contributed by atoms with E-state index < -0.39 is 0 Å². The molecular formula is C67H48N6OPt-2. The summed E-state index contributed by atoms with van der Waals surface area (Å²) in [4.78, 5) is 5.20. The number of pyridine rings is 1. The number of benzene rings is 9. The minimum absolute atomic E-state index is 0. The number of nitrogens with zero attached hydrogens (tertiary/aromatic N) is 6. The number of aryl methyl sites for hydroxylation is 1. The number of imidazole rings is 1. The van der Waals surface area contributed by atoms with Gasteiger partial charge in [0, 0.05) is 96.5 Å². The Labute approximate surface area is 449 Å². The van der Waals surface area contributed by atoms with Crippen LogP contribution in [0.2, 0.25) is 0 Å². The molecular weight excluding hydrogens is 1100 g/mol. The standard InChI is InChI=1S/C67H48N6O.Pt/c1-67(2,3)46-36-37-68-59(40-46)73-58-42-50(74-49-27-18-26-48(41-49)70-38-39-71(43-70)63-51(44-20-8-5-9-21-44)30-19-31-52(63)45-22-10-6-11-23-45)34-35-55(58)62-64-60(53-28-14-16-32-56(53)69(64)4)61-54-29-15-17-33-57(54)72(65(61)66(62)73)47-24-12-7-13-25-47;/h5-40H,1-4H3;/q-2;. The Hall–Kier alpha value is -8.77. The van der Waals surface area contributed by atoms with Crippen molar-refractivity contribution in [1.82, 2.24) is 23.3 Å². The predicted octanol–water partition coefficient (Wildman–Crippen LogP) is 15.8. The van der Waals surface area contributed by atoms with E-state index in [0.29, 0.717) is 11.5 Å².